The molecule has 22 heavy (non-hydrogen) atoms. The minimum Gasteiger partial charge on any atom is -0.497 e. The van der Waals surface area contributed by atoms with Crippen molar-refractivity contribution < 1.29 is 18.7 Å². The molecule has 6 heteroatoms. The summed E-state index contributed by atoms with van der Waals surface area (Å²) in [5.74, 6) is 0.169. The summed E-state index contributed by atoms with van der Waals surface area (Å²) < 4.78 is 24.1. The van der Waals surface area contributed by atoms with Gasteiger partial charge in [0.1, 0.15) is 17.3 Å². The Morgan fingerprint density at radius 1 is 1.18 bits per heavy atom. The van der Waals surface area contributed by atoms with Crippen LogP contribution in [0.5, 0.6) is 11.5 Å². The molecule has 0 aliphatic rings. The molecule has 2 rings (SSSR count). The molecule has 0 unspecified atom stereocenters. The molecule has 0 bridgehead atoms. The van der Waals surface area contributed by atoms with E-state index in [1.54, 1.807) is 38.3 Å². The first-order chi connectivity index (χ1) is 10.5. The quantitative estimate of drug-likeness (QED) is 0.833. The van der Waals surface area contributed by atoms with Crippen LogP contribution in [0.4, 0.5) is 15.8 Å². The maximum atomic E-state index is 13.6. The molecule has 0 spiro atoms. The lowest BCUT2D eigenvalue weighted by Crippen LogP contribution is -2.30. The van der Waals surface area contributed by atoms with Crippen molar-refractivity contribution in [2.75, 3.05) is 18.2 Å². The molecule has 0 aliphatic heterocycles. The molecule has 1 atom stereocenters. The van der Waals surface area contributed by atoms with Gasteiger partial charge in [-0.3, -0.25) is 4.79 Å². The number of nitrogens with one attached hydrogen (secondary N) is 1. The Morgan fingerprint density at radius 2 is 1.82 bits per heavy atom. The normalized spacial score (nSPS) is 11.6. The molecule has 0 saturated heterocycles. The number of methoxy groups -OCH3 is 1. The van der Waals surface area contributed by atoms with Gasteiger partial charge in [-0.25, -0.2) is 4.39 Å². The summed E-state index contributed by atoms with van der Waals surface area (Å²) in [7, 11) is 1.56. The molecule has 0 heterocycles. The summed E-state index contributed by atoms with van der Waals surface area (Å²) in [5.41, 5.74) is 5.95. The molecule has 0 radical (unpaired) electrons. The van der Waals surface area contributed by atoms with E-state index in [1.807, 2.05) is 0 Å². The monoisotopic (exact) mass is 304 g/mol. The van der Waals surface area contributed by atoms with Crippen molar-refractivity contribution in [3.63, 3.8) is 0 Å². The Balaban J connectivity index is 2.00. The van der Waals surface area contributed by atoms with Crippen LogP contribution in [0.2, 0.25) is 0 Å². The Morgan fingerprint density at radius 3 is 2.45 bits per heavy atom. The first-order valence-electron chi connectivity index (χ1n) is 6.66. The highest BCUT2D eigenvalue weighted by Crippen LogP contribution is 2.20. The predicted octanol–water partition coefficient (Wildman–Crippen LogP) is 2.82. The molecule has 3 N–H and O–H groups in total. The first-order valence-corrected chi connectivity index (χ1v) is 6.66. The molecule has 116 valence electrons. The summed E-state index contributed by atoms with van der Waals surface area (Å²) in [6.07, 6.45) is -0.797. The van der Waals surface area contributed by atoms with Crippen molar-refractivity contribution in [2.45, 2.75) is 13.0 Å². The summed E-state index contributed by atoms with van der Waals surface area (Å²) >= 11 is 0. The number of nitrogen functional groups attached to an aromatic ring is 1. The SMILES string of the molecule is COc1ccc(O[C@H](C)C(=O)Nc2cc(N)ccc2F)cc1. The Bertz CT molecular complexity index is 659. The van der Waals surface area contributed by atoms with Crippen LogP contribution in [0.1, 0.15) is 6.92 Å². The molecule has 0 aromatic heterocycles. The van der Waals surface area contributed by atoms with E-state index in [9.17, 15) is 9.18 Å². The molecular formula is C16H17FN2O3. The van der Waals surface area contributed by atoms with Crippen LogP contribution >= 0.6 is 0 Å². The second-order valence-electron chi connectivity index (χ2n) is 4.66. The van der Waals surface area contributed by atoms with Crippen LogP contribution in [0, 0.1) is 5.82 Å². The fourth-order valence-corrected chi connectivity index (χ4v) is 1.78. The number of carbonyl (C=O) groups excluding carboxylic acids is 1. The average molecular weight is 304 g/mol. The molecule has 2 aromatic carbocycles. The minimum absolute atomic E-state index is 0.0233. The number of benzene rings is 2. The van der Waals surface area contributed by atoms with Crippen LogP contribution in [-0.2, 0) is 4.79 Å². The topological polar surface area (TPSA) is 73.6 Å². The van der Waals surface area contributed by atoms with Crippen molar-refractivity contribution >= 4 is 17.3 Å². The smallest absolute Gasteiger partial charge is 0.265 e. The number of carbonyl (C=O) groups is 1. The number of ether oxygens (including phenoxy) is 2. The van der Waals surface area contributed by atoms with Crippen molar-refractivity contribution in [3.05, 3.63) is 48.3 Å². The zero-order chi connectivity index (χ0) is 16.1. The molecule has 5 nitrogen and oxygen atoms in total. The van der Waals surface area contributed by atoms with Crippen molar-refractivity contribution in [2.24, 2.45) is 0 Å². The Kier molecular flexibility index (Phi) is 4.83. The van der Waals surface area contributed by atoms with E-state index in [1.165, 1.54) is 18.2 Å². The lowest BCUT2D eigenvalue weighted by Gasteiger charge is -2.15. The van der Waals surface area contributed by atoms with Gasteiger partial charge in [-0.15, -0.1) is 0 Å². The molecular weight excluding hydrogens is 287 g/mol. The lowest BCUT2D eigenvalue weighted by atomic mass is 10.2. The van der Waals surface area contributed by atoms with Crippen molar-refractivity contribution in [1.82, 2.24) is 0 Å². The fourth-order valence-electron chi connectivity index (χ4n) is 1.78. The fraction of sp³-hybridized carbons (Fsp3) is 0.188. The van der Waals surface area contributed by atoms with Crippen LogP contribution in [-0.4, -0.2) is 19.1 Å². The van der Waals surface area contributed by atoms with E-state index in [0.29, 0.717) is 17.2 Å². The summed E-state index contributed by atoms with van der Waals surface area (Å²) in [6, 6.07) is 10.8. The van der Waals surface area contributed by atoms with Gasteiger partial charge in [-0.05, 0) is 49.4 Å². The third-order valence-electron chi connectivity index (χ3n) is 2.99. The van der Waals surface area contributed by atoms with Crippen LogP contribution < -0.4 is 20.5 Å². The zero-order valence-corrected chi connectivity index (χ0v) is 12.3. The van der Waals surface area contributed by atoms with E-state index in [0.717, 1.165) is 0 Å². The zero-order valence-electron chi connectivity index (χ0n) is 12.3. The van der Waals surface area contributed by atoms with Gasteiger partial charge in [0, 0.05) is 5.69 Å². The van der Waals surface area contributed by atoms with Gasteiger partial charge in [-0.2, -0.15) is 0 Å². The number of hydrogen-bond acceptors (Lipinski definition) is 4. The number of nitrogens with two attached hydrogens (primary N) is 1. The number of hydrogen-bond donors (Lipinski definition) is 2. The van der Waals surface area contributed by atoms with Gasteiger partial charge >= 0.3 is 0 Å². The third kappa shape index (κ3) is 3.88. The van der Waals surface area contributed by atoms with Crippen molar-refractivity contribution in [1.29, 1.82) is 0 Å². The average Bonchev–Trinajstić information content (AvgIpc) is 2.51. The Labute approximate surface area is 127 Å². The maximum absolute atomic E-state index is 13.6. The largest absolute Gasteiger partial charge is 0.497 e. The van der Waals surface area contributed by atoms with Gasteiger partial charge in [0.2, 0.25) is 0 Å². The first kappa shape index (κ1) is 15.6. The second kappa shape index (κ2) is 6.80. The van der Waals surface area contributed by atoms with Gasteiger partial charge < -0.3 is 20.5 Å². The minimum atomic E-state index is -0.797. The number of halogens is 1. The van der Waals surface area contributed by atoms with Gasteiger partial charge in [0.25, 0.3) is 5.91 Å². The van der Waals surface area contributed by atoms with Gasteiger partial charge in [0.15, 0.2) is 6.10 Å². The molecule has 2 aromatic rings. The number of rotatable bonds is 5. The van der Waals surface area contributed by atoms with Crippen LogP contribution in [0.3, 0.4) is 0 Å². The van der Waals surface area contributed by atoms with Gasteiger partial charge in [0.05, 0.1) is 12.8 Å². The lowest BCUT2D eigenvalue weighted by molar-refractivity contribution is -0.122. The summed E-state index contributed by atoms with van der Waals surface area (Å²) in [5, 5.41) is 2.45. The maximum Gasteiger partial charge on any atom is 0.265 e. The number of amides is 1. The predicted molar refractivity (Wildman–Crippen MR) is 82.5 cm³/mol. The molecule has 0 saturated carbocycles. The highest BCUT2D eigenvalue weighted by Gasteiger charge is 2.16. The van der Waals surface area contributed by atoms with E-state index < -0.39 is 17.8 Å². The third-order valence-corrected chi connectivity index (χ3v) is 2.99. The van der Waals surface area contributed by atoms with E-state index >= 15 is 0 Å². The highest BCUT2D eigenvalue weighted by atomic mass is 19.1. The molecule has 0 aliphatic carbocycles. The van der Waals surface area contributed by atoms with E-state index in [4.69, 9.17) is 15.2 Å². The number of anilines is 2. The Hall–Kier alpha value is -2.76. The summed E-state index contributed by atoms with van der Waals surface area (Å²) in [6.45, 7) is 1.57. The van der Waals surface area contributed by atoms with Crippen molar-refractivity contribution in [3.8, 4) is 11.5 Å². The molecule has 1 amide bonds. The van der Waals surface area contributed by atoms with Gasteiger partial charge in [-0.1, -0.05) is 0 Å². The van der Waals surface area contributed by atoms with E-state index in [2.05, 4.69) is 5.32 Å². The standard InChI is InChI=1S/C16H17FN2O3/c1-10(22-13-6-4-12(21-2)5-7-13)16(20)19-15-9-11(18)3-8-14(15)17/h3-10H,18H2,1-2H3,(H,19,20)/t10-/m1/s1. The van der Waals surface area contributed by atoms with E-state index in [-0.39, 0.29) is 5.69 Å². The van der Waals surface area contributed by atoms with Crippen LogP contribution in [0.25, 0.3) is 0 Å². The highest BCUT2D eigenvalue weighted by molar-refractivity contribution is 5.94. The van der Waals surface area contributed by atoms with Crippen LogP contribution in [0.15, 0.2) is 42.5 Å². The second-order valence-corrected chi connectivity index (χ2v) is 4.66. The molecule has 0 fully saturated rings. The summed E-state index contributed by atoms with van der Waals surface area (Å²) in [4.78, 5) is 12.0.